The molecule has 0 saturated carbocycles. The first-order valence-corrected chi connectivity index (χ1v) is 20.7. The van der Waals surface area contributed by atoms with Crippen LogP contribution < -0.4 is 20.9 Å². The maximum atomic E-state index is 3.81. The van der Waals surface area contributed by atoms with Crippen LogP contribution in [0, 0.1) is 0 Å². The monoisotopic (exact) mass is 698 g/mol. The van der Waals surface area contributed by atoms with Crippen molar-refractivity contribution in [3.8, 4) is 5.69 Å². The fourth-order valence-corrected chi connectivity index (χ4v) is 13.4. The van der Waals surface area contributed by atoms with Gasteiger partial charge in [-0.2, -0.15) is 0 Å². The van der Waals surface area contributed by atoms with Crippen molar-refractivity contribution in [2.45, 2.75) is 26.2 Å². The SMILES string of the molecule is CC1=C(c2cc([Si](C3=CCCC=C3)(c3ccccc3)c3ccc4c(c3)c3ccccc3n4-c3ccccc3)ccc2Nc2ccccc2)C=CC=CC1. The molecule has 0 bridgehead atoms. The molecule has 1 atom stereocenters. The summed E-state index contributed by atoms with van der Waals surface area (Å²) in [6.07, 6.45) is 19.3. The Morgan fingerprint density at radius 3 is 2.06 bits per heavy atom. The van der Waals surface area contributed by atoms with Gasteiger partial charge in [0.05, 0.1) is 11.0 Å². The Hall–Kier alpha value is -6.16. The lowest BCUT2D eigenvalue weighted by Gasteiger charge is -2.37. The van der Waals surface area contributed by atoms with Gasteiger partial charge in [0, 0.05) is 33.4 Å². The van der Waals surface area contributed by atoms with E-state index in [1.54, 1.807) is 0 Å². The van der Waals surface area contributed by atoms with Gasteiger partial charge in [-0.05, 0) is 95.0 Å². The molecule has 53 heavy (non-hydrogen) atoms. The molecule has 1 unspecified atom stereocenters. The number of nitrogens with zero attached hydrogens (tertiary/aromatic N) is 1. The second-order valence-corrected chi connectivity index (χ2v) is 17.9. The fourth-order valence-electron chi connectivity index (χ4n) is 8.47. The minimum atomic E-state index is -2.87. The largest absolute Gasteiger partial charge is 0.355 e. The molecule has 0 aliphatic heterocycles. The molecule has 6 aromatic carbocycles. The van der Waals surface area contributed by atoms with Crippen molar-refractivity contribution in [3.05, 3.63) is 211 Å². The number of anilines is 2. The highest BCUT2D eigenvalue weighted by molar-refractivity contribution is 7.16. The third-order valence-corrected chi connectivity index (χ3v) is 15.7. The molecule has 1 heterocycles. The number of allylic oxidation sites excluding steroid dienone is 10. The summed E-state index contributed by atoms with van der Waals surface area (Å²) in [4.78, 5) is 0. The van der Waals surface area contributed by atoms with Crippen molar-refractivity contribution in [3.63, 3.8) is 0 Å². The second kappa shape index (κ2) is 14.1. The molecule has 0 radical (unpaired) electrons. The molecule has 9 rings (SSSR count). The summed E-state index contributed by atoms with van der Waals surface area (Å²) in [5.74, 6) is 0. The minimum absolute atomic E-state index is 0.925. The fraction of sp³-hybridized carbons (Fsp3) is 0.0800. The van der Waals surface area contributed by atoms with Crippen LogP contribution in [-0.4, -0.2) is 12.6 Å². The van der Waals surface area contributed by atoms with E-state index in [1.165, 1.54) is 65.0 Å². The molecule has 0 saturated heterocycles. The maximum absolute atomic E-state index is 3.81. The van der Waals surface area contributed by atoms with Crippen LogP contribution in [0.2, 0.25) is 0 Å². The van der Waals surface area contributed by atoms with E-state index in [-0.39, 0.29) is 0 Å². The predicted molar refractivity (Wildman–Crippen MR) is 230 cm³/mol. The number of hydrogen-bond donors (Lipinski definition) is 1. The van der Waals surface area contributed by atoms with Crippen molar-refractivity contribution in [1.82, 2.24) is 4.57 Å². The van der Waals surface area contributed by atoms with Gasteiger partial charge < -0.3 is 9.88 Å². The van der Waals surface area contributed by atoms with E-state index in [0.717, 1.165) is 30.6 Å². The first-order chi connectivity index (χ1) is 26.2. The Morgan fingerprint density at radius 2 is 1.26 bits per heavy atom. The Kier molecular flexibility index (Phi) is 8.71. The van der Waals surface area contributed by atoms with Crippen LogP contribution in [0.4, 0.5) is 11.4 Å². The number of nitrogens with one attached hydrogen (secondary N) is 1. The summed E-state index contributed by atoms with van der Waals surface area (Å²) in [5, 5.41) is 12.0. The highest BCUT2D eigenvalue weighted by Gasteiger charge is 2.43. The molecule has 3 heteroatoms. The topological polar surface area (TPSA) is 17.0 Å². The number of aromatic nitrogens is 1. The van der Waals surface area contributed by atoms with E-state index in [2.05, 4.69) is 211 Å². The van der Waals surface area contributed by atoms with Crippen molar-refractivity contribution < 1.29 is 0 Å². The summed E-state index contributed by atoms with van der Waals surface area (Å²) in [6.45, 7) is 2.28. The molecule has 0 spiro atoms. The number of para-hydroxylation sites is 3. The highest BCUT2D eigenvalue weighted by atomic mass is 28.3. The molecule has 7 aromatic rings. The Morgan fingerprint density at radius 1 is 0.566 bits per heavy atom. The molecular formula is C50H42N2Si. The summed E-state index contributed by atoms with van der Waals surface area (Å²) in [6, 6.07) is 56.2. The summed E-state index contributed by atoms with van der Waals surface area (Å²) in [7, 11) is -2.87. The standard InChI is InChI=1S/C50H42N2Si/c1-37-19-7-2-16-28-44(37)46-35-42(31-33-48(46)51-38-20-8-3-9-21-38)53(40-24-12-5-13-25-40,41-26-14-6-15-27-41)43-32-34-50-47(36-43)45-29-17-18-30-49(45)52(50)39-22-10-4-11-23-39/h2-5,7-14,16-18,20-36,51H,6,15,19H2,1H3. The zero-order valence-electron chi connectivity index (χ0n) is 30.0. The van der Waals surface area contributed by atoms with Crippen molar-refractivity contribution in [2.75, 3.05) is 5.32 Å². The van der Waals surface area contributed by atoms with Crippen LogP contribution in [0.3, 0.4) is 0 Å². The number of hydrogen-bond acceptors (Lipinski definition) is 1. The molecule has 1 aromatic heterocycles. The summed E-state index contributed by atoms with van der Waals surface area (Å²) < 4.78 is 2.42. The second-order valence-electron chi connectivity index (χ2n) is 14.1. The lowest BCUT2D eigenvalue weighted by atomic mass is 9.97. The number of fused-ring (bicyclic) bond motifs is 3. The number of rotatable bonds is 8. The van der Waals surface area contributed by atoms with E-state index in [9.17, 15) is 0 Å². The van der Waals surface area contributed by atoms with E-state index < -0.39 is 8.07 Å². The predicted octanol–water partition coefficient (Wildman–Crippen LogP) is 11.1. The van der Waals surface area contributed by atoms with E-state index in [4.69, 9.17) is 0 Å². The molecular weight excluding hydrogens is 657 g/mol. The first-order valence-electron chi connectivity index (χ1n) is 18.7. The Labute approximate surface area is 313 Å². The van der Waals surface area contributed by atoms with Crippen molar-refractivity contribution in [2.24, 2.45) is 0 Å². The van der Waals surface area contributed by atoms with Crippen LogP contribution in [0.1, 0.15) is 31.7 Å². The van der Waals surface area contributed by atoms with Gasteiger partial charge in [-0.1, -0.05) is 157 Å². The van der Waals surface area contributed by atoms with Crippen LogP contribution in [0.5, 0.6) is 0 Å². The Bertz CT molecular complexity index is 2610. The van der Waals surface area contributed by atoms with Gasteiger partial charge in [-0.15, -0.1) is 0 Å². The zero-order chi connectivity index (χ0) is 35.6. The average molecular weight is 699 g/mol. The molecule has 2 aliphatic rings. The van der Waals surface area contributed by atoms with Gasteiger partial charge in [0.1, 0.15) is 0 Å². The molecule has 256 valence electrons. The maximum Gasteiger partial charge on any atom is 0.179 e. The lowest BCUT2D eigenvalue weighted by molar-refractivity contribution is 1.03. The smallest absolute Gasteiger partial charge is 0.179 e. The van der Waals surface area contributed by atoms with Gasteiger partial charge in [0.2, 0.25) is 0 Å². The molecule has 2 aliphatic carbocycles. The van der Waals surface area contributed by atoms with Crippen LogP contribution in [0.25, 0.3) is 33.1 Å². The quantitative estimate of drug-likeness (QED) is 0.123. The third-order valence-electron chi connectivity index (χ3n) is 10.9. The molecule has 0 amide bonds. The molecule has 0 fully saturated rings. The van der Waals surface area contributed by atoms with Crippen molar-refractivity contribution in [1.29, 1.82) is 0 Å². The first kappa shape index (κ1) is 32.7. The van der Waals surface area contributed by atoms with E-state index in [0.29, 0.717) is 0 Å². The minimum Gasteiger partial charge on any atom is -0.355 e. The van der Waals surface area contributed by atoms with Crippen LogP contribution in [0.15, 0.2) is 205 Å². The normalized spacial score (nSPS) is 15.4. The van der Waals surface area contributed by atoms with Gasteiger partial charge in [-0.3, -0.25) is 0 Å². The molecule has 2 nitrogen and oxygen atoms in total. The third kappa shape index (κ3) is 5.84. The average Bonchev–Trinajstić information content (AvgIpc) is 3.39. The zero-order valence-corrected chi connectivity index (χ0v) is 31.0. The summed E-state index contributed by atoms with van der Waals surface area (Å²) in [5.41, 5.74) is 9.71. The van der Waals surface area contributed by atoms with Gasteiger partial charge in [-0.25, -0.2) is 0 Å². The van der Waals surface area contributed by atoms with Crippen LogP contribution >= 0.6 is 0 Å². The molecule has 1 N–H and O–H groups in total. The lowest BCUT2D eigenvalue weighted by Crippen LogP contribution is -2.68. The van der Waals surface area contributed by atoms with E-state index >= 15 is 0 Å². The van der Waals surface area contributed by atoms with Crippen molar-refractivity contribution >= 4 is 62.4 Å². The Balaban J connectivity index is 1.36. The highest BCUT2D eigenvalue weighted by Crippen LogP contribution is 2.35. The number of benzene rings is 6. The van der Waals surface area contributed by atoms with E-state index in [1.807, 2.05) is 0 Å². The summed E-state index contributed by atoms with van der Waals surface area (Å²) >= 11 is 0. The van der Waals surface area contributed by atoms with Gasteiger partial charge >= 0.3 is 0 Å². The van der Waals surface area contributed by atoms with Gasteiger partial charge in [0.15, 0.2) is 8.07 Å². The van der Waals surface area contributed by atoms with Gasteiger partial charge in [0.25, 0.3) is 0 Å². The van der Waals surface area contributed by atoms with Crippen LogP contribution in [-0.2, 0) is 0 Å².